The van der Waals surface area contributed by atoms with E-state index in [1.54, 1.807) is 0 Å². The van der Waals surface area contributed by atoms with Gasteiger partial charge in [-0.2, -0.15) is 8.42 Å². The summed E-state index contributed by atoms with van der Waals surface area (Å²) < 4.78 is 30.1. The molecule has 0 bridgehead atoms. The van der Waals surface area contributed by atoms with E-state index in [1.807, 2.05) is 0 Å². The van der Waals surface area contributed by atoms with Crippen LogP contribution in [0, 0.1) is 10.1 Å². The molecule has 0 aliphatic carbocycles. The lowest BCUT2D eigenvalue weighted by Gasteiger charge is -1.99. The Balaban J connectivity index is 0.00000196. The predicted octanol–water partition coefficient (Wildman–Crippen LogP) is 1.92. The Morgan fingerprint density at radius 1 is 1.40 bits per heavy atom. The van der Waals surface area contributed by atoms with Crippen molar-refractivity contribution < 1.29 is 17.9 Å². The van der Waals surface area contributed by atoms with Crippen molar-refractivity contribution in [2.75, 3.05) is 0 Å². The van der Waals surface area contributed by atoms with Crippen LogP contribution in [-0.2, 0) is 10.1 Å². The first-order valence-electron chi connectivity index (χ1n) is 3.24. The Kier molecular flexibility index (Phi) is 4.47. The number of rotatable bonds is 2. The molecule has 1 aromatic rings. The highest BCUT2D eigenvalue weighted by Gasteiger charge is 2.26. The van der Waals surface area contributed by atoms with Gasteiger partial charge in [0.25, 0.3) is 0 Å². The van der Waals surface area contributed by atoms with Crippen molar-refractivity contribution in [3.63, 3.8) is 0 Å². The molecule has 0 saturated carbocycles. The molecular formula is C6H5Cl2NO5S. The first-order chi connectivity index (χ1) is 6.34. The van der Waals surface area contributed by atoms with Gasteiger partial charge in [-0.1, -0.05) is 17.7 Å². The van der Waals surface area contributed by atoms with Crippen molar-refractivity contribution in [3.8, 4) is 0 Å². The van der Waals surface area contributed by atoms with E-state index in [2.05, 4.69) is 0 Å². The summed E-state index contributed by atoms with van der Waals surface area (Å²) in [5, 5.41) is 10.1. The average Bonchev–Trinajstić information content (AvgIpc) is 2.01. The summed E-state index contributed by atoms with van der Waals surface area (Å²) in [6.07, 6.45) is 0. The Morgan fingerprint density at radius 3 is 2.27 bits per heavy atom. The third kappa shape index (κ3) is 3.03. The average molecular weight is 274 g/mol. The quantitative estimate of drug-likeness (QED) is 0.504. The monoisotopic (exact) mass is 273 g/mol. The standard InChI is InChI=1S/C6H4ClNO5S.ClH/c7-4-2-1-3-5(14(11,12)13)6(4)8(9)10;/h1-3H,(H,11,12,13);1H. The van der Waals surface area contributed by atoms with E-state index >= 15 is 0 Å². The fourth-order valence-electron chi connectivity index (χ4n) is 0.881. The molecule has 0 amide bonds. The van der Waals surface area contributed by atoms with E-state index in [0.29, 0.717) is 0 Å². The number of nitrogens with zero attached hydrogens (tertiary/aromatic N) is 1. The molecule has 0 unspecified atom stereocenters. The number of benzene rings is 1. The van der Waals surface area contributed by atoms with Gasteiger partial charge < -0.3 is 0 Å². The summed E-state index contributed by atoms with van der Waals surface area (Å²) in [5.41, 5.74) is -0.823. The smallest absolute Gasteiger partial charge is 0.282 e. The van der Waals surface area contributed by atoms with Gasteiger partial charge in [-0.05, 0) is 12.1 Å². The molecule has 0 aliphatic heterocycles. The highest BCUT2D eigenvalue weighted by atomic mass is 35.5. The van der Waals surface area contributed by atoms with Crippen molar-refractivity contribution in [2.24, 2.45) is 0 Å². The lowest BCUT2D eigenvalue weighted by Crippen LogP contribution is -2.03. The van der Waals surface area contributed by atoms with E-state index in [1.165, 1.54) is 6.07 Å². The maximum atomic E-state index is 10.7. The van der Waals surface area contributed by atoms with Crippen molar-refractivity contribution in [1.82, 2.24) is 0 Å². The summed E-state index contributed by atoms with van der Waals surface area (Å²) in [5.74, 6) is 0. The van der Waals surface area contributed by atoms with Crippen molar-refractivity contribution in [2.45, 2.75) is 4.90 Å². The minimum absolute atomic E-state index is 0. The van der Waals surface area contributed by atoms with E-state index in [9.17, 15) is 18.5 Å². The molecule has 0 radical (unpaired) electrons. The molecule has 0 atom stereocenters. The van der Waals surface area contributed by atoms with E-state index < -0.39 is 25.6 Å². The number of nitro groups is 1. The van der Waals surface area contributed by atoms with Crippen LogP contribution < -0.4 is 0 Å². The van der Waals surface area contributed by atoms with Crippen molar-refractivity contribution in [3.05, 3.63) is 33.3 Å². The maximum absolute atomic E-state index is 10.7. The van der Waals surface area contributed by atoms with Crippen LogP contribution >= 0.6 is 24.0 Å². The van der Waals surface area contributed by atoms with Gasteiger partial charge in [0.2, 0.25) is 0 Å². The van der Waals surface area contributed by atoms with Crippen LogP contribution in [0.2, 0.25) is 5.02 Å². The minimum atomic E-state index is -4.63. The molecule has 0 fully saturated rings. The number of nitro benzene ring substituents is 1. The Labute approximate surface area is 96.2 Å². The second-order valence-electron chi connectivity index (χ2n) is 2.32. The zero-order valence-corrected chi connectivity index (χ0v) is 9.34. The van der Waals surface area contributed by atoms with Crippen LogP contribution in [-0.4, -0.2) is 17.9 Å². The van der Waals surface area contributed by atoms with Crippen LogP contribution in [0.5, 0.6) is 0 Å². The van der Waals surface area contributed by atoms with Crippen molar-refractivity contribution >= 4 is 39.8 Å². The first-order valence-corrected chi connectivity index (χ1v) is 5.06. The molecule has 1 aromatic carbocycles. The third-order valence-electron chi connectivity index (χ3n) is 1.41. The van der Waals surface area contributed by atoms with Crippen LogP contribution in [0.1, 0.15) is 0 Å². The number of hydrogen-bond donors (Lipinski definition) is 1. The predicted molar refractivity (Wildman–Crippen MR) is 55.2 cm³/mol. The van der Waals surface area contributed by atoms with Gasteiger partial charge in [0, 0.05) is 0 Å². The summed E-state index contributed by atoms with van der Waals surface area (Å²) in [6.45, 7) is 0. The molecule has 1 N–H and O–H groups in total. The van der Waals surface area contributed by atoms with Gasteiger partial charge in [-0.3, -0.25) is 14.7 Å². The fraction of sp³-hybridized carbons (Fsp3) is 0. The van der Waals surface area contributed by atoms with E-state index in [0.717, 1.165) is 12.1 Å². The molecule has 0 spiro atoms. The van der Waals surface area contributed by atoms with E-state index in [4.69, 9.17) is 16.2 Å². The lowest BCUT2D eigenvalue weighted by atomic mass is 10.3. The van der Waals surface area contributed by atoms with Gasteiger partial charge >= 0.3 is 15.8 Å². The van der Waals surface area contributed by atoms with Gasteiger partial charge in [0.05, 0.1) is 4.92 Å². The van der Waals surface area contributed by atoms with Gasteiger partial charge in [0.15, 0.2) is 4.90 Å². The van der Waals surface area contributed by atoms with E-state index in [-0.39, 0.29) is 17.4 Å². The molecule has 15 heavy (non-hydrogen) atoms. The Morgan fingerprint density at radius 2 is 1.93 bits per heavy atom. The molecule has 0 aliphatic rings. The number of para-hydroxylation sites is 1. The number of halogens is 2. The summed E-state index contributed by atoms with van der Waals surface area (Å²) in [6, 6.07) is 3.26. The molecule has 84 valence electrons. The van der Waals surface area contributed by atoms with Crippen LogP contribution in [0.25, 0.3) is 0 Å². The Hall–Kier alpha value is -0.890. The summed E-state index contributed by atoms with van der Waals surface area (Å²) in [7, 11) is -4.63. The molecule has 0 aromatic heterocycles. The Bertz CT molecular complexity index is 486. The zero-order valence-electron chi connectivity index (χ0n) is 6.95. The second kappa shape index (κ2) is 4.75. The molecule has 6 nitrogen and oxygen atoms in total. The third-order valence-corrected chi connectivity index (χ3v) is 2.60. The minimum Gasteiger partial charge on any atom is -0.282 e. The highest BCUT2D eigenvalue weighted by molar-refractivity contribution is 7.86. The molecule has 0 heterocycles. The molecule has 9 heteroatoms. The van der Waals surface area contributed by atoms with Crippen molar-refractivity contribution in [1.29, 1.82) is 0 Å². The zero-order chi connectivity index (χ0) is 10.9. The topological polar surface area (TPSA) is 97.5 Å². The van der Waals surface area contributed by atoms with Gasteiger partial charge in [-0.15, -0.1) is 12.4 Å². The molecule has 0 saturated heterocycles. The highest BCUT2D eigenvalue weighted by Crippen LogP contribution is 2.30. The molecule has 1 rings (SSSR count). The fourth-order valence-corrected chi connectivity index (χ4v) is 1.86. The second-order valence-corrected chi connectivity index (χ2v) is 4.12. The summed E-state index contributed by atoms with van der Waals surface area (Å²) >= 11 is 5.41. The van der Waals surface area contributed by atoms with Gasteiger partial charge in [-0.25, -0.2) is 0 Å². The lowest BCUT2D eigenvalue weighted by molar-refractivity contribution is -0.387. The number of hydrogen-bond acceptors (Lipinski definition) is 4. The summed E-state index contributed by atoms with van der Waals surface area (Å²) in [4.78, 5) is 8.66. The SMILES string of the molecule is Cl.O=[N+]([O-])c1c(Cl)cccc1S(=O)(=O)O. The van der Waals surface area contributed by atoms with Crippen LogP contribution in [0.3, 0.4) is 0 Å². The normalized spacial score (nSPS) is 10.5. The van der Waals surface area contributed by atoms with Gasteiger partial charge in [0.1, 0.15) is 5.02 Å². The van der Waals surface area contributed by atoms with Crippen LogP contribution in [0.4, 0.5) is 5.69 Å². The molecular weight excluding hydrogens is 269 g/mol. The first kappa shape index (κ1) is 14.1. The maximum Gasteiger partial charge on any atom is 0.308 e. The largest absolute Gasteiger partial charge is 0.308 e. The van der Waals surface area contributed by atoms with Crippen LogP contribution in [0.15, 0.2) is 23.1 Å².